The number of para-hydroxylation sites is 4. The number of nitrogens with one attached hydrogen (secondary N) is 9. The number of carboxylic acids is 1. The average molecular weight is 1030 g/mol. The molecule has 9 rings (SSSR count). The number of carbonyl (C=O) groups excluding carboxylic acids is 5. The van der Waals surface area contributed by atoms with Gasteiger partial charge in [0.2, 0.25) is 29.5 Å². The number of aromatic nitrogens is 4. The van der Waals surface area contributed by atoms with Crippen LogP contribution >= 0.6 is 12.6 Å². The van der Waals surface area contributed by atoms with Gasteiger partial charge < -0.3 is 62.5 Å². The van der Waals surface area contributed by atoms with Crippen molar-refractivity contribution in [2.24, 2.45) is 5.73 Å². The van der Waals surface area contributed by atoms with Crippen LogP contribution in [0.3, 0.4) is 0 Å². The summed E-state index contributed by atoms with van der Waals surface area (Å²) in [4.78, 5) is 98.3. The number of rotatable bonds is 22. The van der Waals surface area contributed by atoms with E-state index in [0.717, 1.165) is 43.6 Å². The van der Waals surface area contributed by atoms with E-state index in [1.807, 2.05) is 97.1 Å². The summed E-state index contributed by atoms with van der Waals surface area (Å²) in [7, 11) is 0. The lowest BCUT2D eigenvalue weighted by Gasteiger charge is -2.27. The van der Waals surface area contributed by atoms with Crippen LogP contribution < -0.4 is 32.3 Å². The second-order valence-electron chi connectivity index (χ2n) is 18.6. The van der Waals surface area contributed by atoms with Crippen molar-refractivity contribution in [3.8, 4) is 5.75 Å². The Kier molecular flexibility index (Phi) is 15.6. The second-order valence-corrected chi connectivity index (χ2v) is 18.9. The van der Waals surface area contributed by atoms with E-state index in [1.54, 1.807) is 36.9 Å². The van der Waals surface area contributed by atoms with Gasteiger partial charge in [-0.1, -0.05) is 84.9 Å². The quantitative estimate of drug-likeness (QED) is 0.0422. The highest BCUT2D eigenvalue weighted by Gasteiger charge is 2.35. The lowest BCUT2D eigenvalue weighted by molar-refractivity contribution is -0.142. The Labute approximate surface area is 435 Å². The molecule has 0 aliphatic heterocycles. The maximum atomic E-state index is 15.1. The molecule has 0 spiro atoms. The molecule has 5 amide bonds. The summed E-state index contributed by atoms with van der Waals surface area (Å²) < 4.78 is 0. The maximum Gasteiger partial charge on any atom is 0.326 e. The van der Waals surface area contributed by atoms with Gasteiger partial charge >= 0.3 is 5.97 Å². The van der Waals surface area contributed by atoms with E-state index >= 15 is 9.59 Å². The van der Waals surface area contributed by atoms with Crippen molar-refractivity contribution >= 4 is 91.7 Å². The van der Waals surface area contributed by atoms with Gasteiger partial charge in [0, 0.05) is 106 Å². The van der Waals surface area contributed by atoms with Crippen molar-refractivity contribution < 1.29 is 39.0 Å². The highest BCUT2D eigenvalue weighted by molar-refractivity contribution is 7.80. The predicted octanol–water partition coefficient (Wildman–Crippen LogP) is 4.60. The fraction of sp³-hybridized carbons (Fsp3) is 0.214. The number of hydrogen-bond donors (Lipinski definition) is 13. The first-order chi connectivity index (χ1) is 36.3. The minimum Gasteiger partial charge on any atom is -0.508 e. The molecule has 18 nitrogen and oxygen atoms in total. The smallest absolute Gasteiger partial charge is 0.326 e. The van der Waals surface area contributed by atoms with Gasteiger partial charge in [0.15, 0.2) is 0 Å². The number of aromatic amines is 4. The lowest BCUT2D eigenvalue weighted by Crippen LogP contribution is -2.60. The van der Waals surface area contributed by atoms with Gasteiger partial charge in [-0.15, -0.1) is 0 Å². The van der Waals surface area contributed by atoms with Crippen molar-refractivity contribution in [3.63, 3.8) is 0 Å². The van der Waals surface area contributed by atoms with E-state index in [0.29, 0.717) is 27.8 Å². The van der Waals surface area contributed by atoms with E-state index in [-0.39, 0.29) is 43.6 Å². The zero-order valence-corrected chi connectivity index (χ0v) is 41.3. The zero-order valence-electron chi connectivity index (χ0n) is 40.4. The van der Waals surface area contributed by atoms with Crippen LogP contribution in [0.5, 0.6) is 5.75 Å². The van der Waals surface area contributed by atoms with Crippen LogP contribution in [0.25, 0.3) is 43.6 Å². The third kappa shape index (κ3) is 12.0. The van der Waals surface area contributed by atoms with Crippen molar-refractivity contribution in [3.05, 3.63) is 174 Å². The van der Waals surface area contributed by atoms with Crippen LogP contribution in [0.15, 0.2) is 146 Å². The second kappa shape index (κ2) is 22.9. The number of benzene rings is 5. The highest BCUT2D eigenvalue weighted by Crippen LogP contribution is 2.24. The van der Waals surface area contributed by atoms with Gasteiger partial charge in [0.05, 0.1) is 6.04 Å². The number of fused-ring (bicyclic) bond motifs is 4. The first-order valence-corrected chi connectivity index (χ1v) is 25.0. The summed E-state index contributed by atoms with van der Waals surface area (Å²) in [6.07, 6.45) is 6.54. The minimum atomic E-state index is -1.40. The SMILES string of the molecule is N[C@@H](CS)C(=O)N[C@@H](Cc1ccc(O)cc1)C(=O)N[C@@H](Cc1c[nH]c2ccccc12)C(=O)N[C@@H](Cc1c[nH]c2ccccc12)C(=O)N[C@@H](Cc1c[nH]c2ccccc12)C(=O)N[C@@H](Cc1c[nH]c2ccccc12)C(=O)O. The van der Waals surface area contributed by atoms with Gasteiger partial charge in [-0.05, 0) is 64.2 Å². The molecule has 0 saturated heterocycles. The number of thiol groups is 1. The molecule has 5 aromatic carbocycles. The molecule has 384 valence electrons. The highest BCUT2D eigenvalue weighted by atomic mass is 32.1. The number of amides is 5. The van der Waals surface area contributed by atoms with E-state index < -0.39 is 71.8 Å². The first-order valence-electron chi connectivity index (χ1n) is 24.4. The Morgan fingerprint density at radius 2 is 0.720 bits per heavy atom. The Morgan fingerprint density at radius 3 is 1.05 bits per heavy atom. The summed E-state index contributed by atoms with van der Waals surface area (Å²) in [5.74, 6) is -5.01. The Morgan fingerprint density at radius 1 is 0.427 bits per heavy atom. The molecule has 0 aliphatic rings. The number of carbonyl (C=O) groups is 6. The van der Waals surface area contributed by atoms with Crippen molar-refractivity contribution in [2.75, 3.05) is 5.75 Å². The van der Waals surface area contributed by atoms with Crippen LogP contribution in [0.1, 0.15) is 27.8 Å². The molecule has 13 N–H and O–H groups in total. The van der Waals surface area contributed by atoms with Crippen molar-refractivity contribution in [1.82, 2.24) is 46.5 Å². The number of phenols is 1. The molecule has 4 aromatic heterocycles. The minimum absolute atomic E-state index is 0.00148. The monoisotopic (exact) mass is 1030 g/mol. The lowest BCUT2D eigenvalue weighted by atomic mass is 9.99. The molecule has 0 unspecified atom stereocenters. The van der Waals surface area contributed by atoms with E-state index in [9.17, 15) is 29.4 Å². The number of nitrogens with two attached hydrogens (primary N) is 1. The standard InChI is InChI=1S/C56H56N10O8S/c57-41(30-75)51(68)62-46(21-31-17-19-36(67)20-18-31)52(69)63-47(22-32-26-58-42-13-5-1-9-37(32)42)53(70)64-48(23-33-27-59-43-14-6-2-10-38(33)43)54(71)65-49(24-34-28-60-44-15-7-3-11-39(34)44)55(72)66-50(56(73)74)25-35-29-61-45-16-8-4-12-40(35)45/h1-20,26-29,41,46-50,58-61,67,75H,21-25,30,57H2,(H,62,68)(H,63,69)(H,64,70)(H,65,71)(H,66,72)(H,73,74)/t41-,46-,47-,48-,49-,50-/m0/s1. The molecule has 0 bridgehead atoms. The van der Waals surface area contributed by atoms with Gasteiger partial charge in [-0.2, -0.15) is 12.6 Å². The molecule has 75 heavy (non-hydrogen) atoms. The first kappa shape index (κ1) is 51.1. The van der Waals surface area contributed by atoms with E-state index in [4.69, 9.17) is 5.73 Å². The molecule has 4 heterocycles. The molecule has 9 aromatic rings. The Bertz CT molecular complexity index is 3530. The van der Waals surface area contributed by atoms with Gasteiger partial charge in [0.25, 0.3) is 0 Å². The zero-order chi connectivity index (χ0) is 52.6. The summed E-state index contributed by atoms with van der Waals surface area (Å²) in [6.45, 7) is 0. The van der Waals surface area contributed by atoms with Crippen LogP contribution in [0, 0.1) is 0 Å². The van der Waals surface area contributed by atoms with Crippen LogP contribution in [0.4, 0.5) is 0 Å². The molecular formula is C56H56N10O8S. The number of phenolic OH excluding ortho intramolecular Hbond substituents is 1. The van der Waals surface area contributed by atoms with E-state index in [1.165, 1.54) is 12.1 Å². The maximum absolute atomic E-state index is 15.1. The van der Waals surface area contributed by atoms with Gasteiger partial charge in [0.1, 0.15) is 36.0 Å². The fourth-order valence-corrected chi connectivity index (χ4v) is 9.60. The number of H-pyrrole nitrogens is 4. The molecule has 0 saturated carbocycles. The van der Waals surface area contributed by atoms with Crippen LogP contribution in [-0.4, -0.2) is 108 Å². The normalized spacial score (nSPS) is 13.9. The molecular weight excluding hydrogens is 973 g/mol. The van der Waals surface area contributed by atoms with Crippen molar-refractivity contribution in [1.29, 1.82) is 0 Å². The number of carboxylic acid groups (broad SMARTS) is 1. The van der Waals surface area contributed by atoms with Crippen LogP contribution in [-0.2, 0) is 60.9 Å². The molecule has 0 fully saturated rings. The molecule has 0 aliphatic carbocycles. The van der Waals surface area contributed by atoms with E-state index in [2.05, 4.69) is 59.1 Å². The third-order valence-electron chi connectivity index (χ3n) is 13.5. The Hall–Kier alpha value is -8.81. The summed E-state index contributed by atoms with van der Waals surface area (Å²) in [6, 6.07) is 28.0. The summed E-state index contributed by atoms with van der Waals surface area (Å²) in [5, 5.41) is 37.7. The van der Waals surface area contributed by atoms with Crippen molar-refractivity contribution in [2.45, 2.75) is 68.4 Å². The summed E-state index contributed by atoms with van der Waals surface area (Å²) >= 11 is 4.16. The van der Waals surface area contributed by atoms with Gasteiger partial charge in [-0.25, -0.2) is 4.79 Å². The topological polar surface area (TPSA) is 292 Å². The van der Waals surface area contributed by atoms with Crippen LogP contribution in [0.2, 0.25) is 0 Å². The summed E-state index contributed by atoms with van der Waals surface area (Å²) in [5.41, 5.74) is 12.4. The Balaban J connectivity index is 1.05. The predicted molar refractivity (Wildman–Crippen MR) is 289 cm³/mol. The number of aliphatic carboxylic acids is 1. The molecule has 0 radical (unpaired) electrons. The fourth-order valence-electron chi connectivity index (χ4n) is 9.44. The average Bonchev–Trinajstić information content (AvgIpc) is 4.24. The number of hydrogen-bond acceptors (Lipinski definition) is 9. The molecule has 6 atom stereocenters. The number of aromatic hydroxyl groups is 1. The third-order valence-corrected chi connectivity index (χ3v) is 13.8. The molecule has 19 heteroatoms. The largest absolute Gasteiger partial charge is 0.508 e. The van der Waals surface area contributed by atoms with Gasteiger partial charge in [-0.3, -0.25) is 24.0 Å².